The normalized spacial score (nSPS) is 15.0. The Bertz CT molecular complexity index is 1180. The Balaban J connectivity index is 1.93. The Morgan fingerprint density at radius 3 is 2.43 bits per heavy atom. The summed E-state index contributed by atoms with van der Waals surface area (Å²) in [6, 6.07) is 13.0. The van der Waals surface area contributed by atoms with Crippen molar-refractivity contribution in [2.75, 3.05) is 24.2 Å². The Morgan fingerprint density at radius 2 is 1.81 bits per heavy atom. The zero-order valence-electron chi connectivity index (χ0n) is 21.7. The summed E-state index contributed by atoms with van der Waals surface area (Å²) in [5, 5.41) is 3.34. The lowest BCUT2D eigenvalue weighted by atomic mass is 9.95. The Labute approximate surface area is 225 Å². The number of halogens is 1. The first-order chi connectivity index (χ1) is 17.6. The van der Waals surface area contributed by atoms with E-state index in [4.69, 9.17) is 16.3 Å². The lowest BCUT2D eigenvalue weighted by Crippen LogP contribution is -2.54. The number of amides is 2. The highest BCUT2D eigenvalue weighted by atomic mass is 35.5. The Morgan fingerprint density at radius 1 is 1.11 bits per heavy atom. The molecule has 8 nitrogen and oxygen atoms in total. The zero-order chi connectivity index (χ0) is 27.0. The summed E-state index contributed by atoms with van der Waals surface area (Å²) in [4.78, 5) is 28.7. The number of hydrogen-bond donors (Lipinski definition) is 1. The molecule has 1 fully saturated rings. The number of methoxy groups -OCH3 is 1. The second kappa shape index (κ2) is 13.1. The molecule has 3 rings (SSSR count). The van der Waals surface area contributed by atoms with Gasteiger partial charge in [-0.2, -0.15) is 0 Å². The topological polar surface area (TPSA) is 96.0 Å². The smallest absolute Gasteiger partial charge is 0.244 e. The molecule has 202 valence electrons. The zero-order valence-corrected chi connectivity index (χ0v) is 23.2. The first-order valence-electron chi connectivity index (χ1n) is 12.6. The molecule has 0 aromatic heterocycles. The molecule has 1 saturated carbocycles. The third kappa shape index (κ3) is 7.85. The van der Waals surface area contributed by atoms with Crippen LogP contribution in [0.2, 0.25) is 5.02 Å². The number of sulfonamides is 1. The van der Waals surface area contributed by atoms with Crippen molar-refractivity contribution >= 4 is 39.1 Å². The first kappa shape index (κ1) is 28.8. The number of carbonyl (C=O) groups is 2. The summed E-state index contributed by atoms with van der Waals surface area (Å²) in [7, 11) is -2.29. The van der Waals surface area contributed by atoms with Gasteiger partial charge in [0.2, 0.25) is 21.8 Å². The van der Waals surface area contributed by atoms with E-state index in [0.717, 1.165) is 48.2 Å². The molecule has 2 aromatic carbocycles. The van der Waals surface area contributed by atoms with Crippen LogP contribution in [0.5, 0.6) is 5.75 Å². The van der Waals surface area contributed by atoms with Gasteiger partial charge in [-0.15, -0.1) is 0 Å². The molecule has 1 aliphatic rings. The average molecular weight is 550 g/mol. The molecule has 0 spiro atoms. The van der Waals surface area contributed by atoms with Gasteiger partial charge in [0.25, 0.3) is 0 Å². The van der Waals surface area contributed by atoms with Gasteiger partial charge in [0.15, 0.2) is 0 Å². The highest BCUT2D eigenvalue weighted by molar-refractivity contribution is 7.92. The maximum absolute atomic E-state index is 13.8. The number of nitrogens with one attached hydrogen (secondary N) is 1. The van der Waals surface area contributed by atoms with Crippen molar-refractivity contribution in [3.05, 3.63) is 59.1 Å². The van der Waals surface area contributed by atoms with Gasteiger partial charge in [0.05, 0.1) is 24.1 Å². The molecule has 1 atom stereocenters. The second-order valence-corrected chi connectivity index (χ2v) is 11.7. The molecule has 37 heavy (non-hydrogen) atoms. The predicted octanol–water partition coefficient (Wildman–Crippen LogP) is 4.37. The molecule has 0 heterocycles. The van der Waals surface area contributed by atoms with Gasteiger partial charge in [-0.05, 0) is 49.1 Å². The van der Waals surface area contributed by atoms with Gasteiger partial charge in [0, 0.05) is 12.6 Å². The van der Waals surface area contributed by atoms with Crippen LogP contribution in [-0.2, 0) is 26.2 Å². The summed E-state index contributed by atoms with van der Waals surface area (Å²) >= 11 is 6.29. The highest BCUT2D eigenvalue weighted by Crippen LogP contribution is 2.28. The fourth-order valence-electron chi connectivity index (χ4n) is 4.68. The molecule has 0 saturated heterocycles. The minimum Gasteiger partial charge on any atom is -0.497 e. The van der Waals surface area contributed by atoms with Crippen molar-refractivity contribution in [2.45, 2.75) is 64.1 Å². The number of carbonyl (C=O) groups excluding carboxylic acids is 2. The van der Waals surface area contributed by atoms with E-state index < -0.39 is 28.5 Å². The van der Waals surface area contributed by atoms with Crippen molar-refractivity contribution in [3.63, 3.8) is 0 Å². The van der Waals surface area contributed by atoms with Crippen molar-refractivity contribution < 1.29 is 22.7 Å². The molecule has 0 unspecified atom stereocenters. The largest absolute Gasteiger partial charge is 0.497 e. The molecule has 2 amide bonds. The summed E-state index contributed by atoms with van der Waals surface area (Å²) in [5.74, 6) is -0.105. The second-order valence-electron chi connectivity index (χ2n) is 9.36. The van der Waals surface area contributed by atoms with E-state index in [1.54, 1.807) is 43.5 Å². The van der Waals surface area contributed by atoms with Gasteiger partial charge in [-0.3, -0.25) is 13.9 Å². The Kier molecular flexibility index (Phi) is 10.2. The minimum atomic E-state index is -3.85. The van der Waals surface area contributed by atoms with Crippen LogP contribution in [-0.4, -0.2) is 57.1 Å². The van der Waals surface area contributed by atoms with Crippen molar-refractivity contribution in [2.24, 2.45) is 0 Å². The monoisotopic (exact) mass is 549 g/mol. The van der Waals surface area contributed by atoms with E-state index in [-0.39, 0.29) is 29.2 Å². The fourth-order valence-corrected chi connectivity index (χ4v) is 5.83. The van der Waals surface area contributed by atoms with Crippen molar-refractivity contribution in [1.82, 2.24) is 10.2 Å². The molecule has 2 aromatic rings. The average Bonchev–Trinajstić information content (AvgIpc) is 2.87. The number of para-hydroxylation sites is 1. The minimum absolute atomic E-state index is 0.0831. The van der Waals surface area contributed by atoms with Crippen molar-refractivity contribution in [3.8, 4) is 5.75 Å². The van der Waals surface area contributed by atoms with Crippen LogP contribution in [0.15, 0.2) is 48.5 Å². The lowest BCUT2D eigenvalue weighted by molar-refractivity contribution is -0.140. The third-order valence-corrected chi connectivity index (χ3v) is 8.07. The van der Waals surface area contributed by atoms with Gasteiger partial charge < -0.3 is 15.0 Å². The van der Waals surface area contributed by atoms with E-state index in [0.29, 0.717) is 12.2 Å². The van der Waals surface area contributed by atoms with E-state index >= 15 is 0 Å². The van der Waals surface area contributed by atoms with Crippen molar-refractivity contribution in [1.29, 1.82) is 0 Å². The number of anilines is 1. The third-order valence-electron chi connectivity index (χ3n) is 6.62. The number of hydrogen-bond acceptors (Lipinski definition) is 5. The van der Waals surface area contributed by atoms with Gasteiger partial charge >= 0.3 is 0 Å². The summed E-state index contributed by atoms with van der Waals surface area (Å²) < 4.78 is 31.8. The van der Waals surface area contributed by atoms with Crippen LogP contribution in [0.1, 0.15) is 51.0 Å². The van der Waals surface area contributed by atoms with Gasteiger partial charge in [0.1, 0.15) is 18.3 Å². The quantitative estimate of drug-likeness (QED) is 0.449. The molecule has 1 N–H and O–H groups in total. The molecular formula is C27H36ClN3O5S. The first-order valence-corrected chi connectivity index (χ1v) is 14.8. The summed E-state index contributed by atoms with van der Waals surface area (Å²) in [6.45, 7) is 1.48. The maximum Gasteiger partial charge on any atom is 0.244 e. The number of nitrogens with zero attached hydrogens (tertiary/aromatic N) is 2. The van der Waals surface area contributed by atoms with E-state index in [9.17, 15) is 18.0 Å². The molecule has 0 aliphatic heterocycles. The van der Waals surface area contributed by atoms with Crippen LogP contribution in [0.25, 0.3) is 0 Å². The SMILES string of the molecule is CC[C@H](C(=O)NC1CCCCC1)N(Cc1cccc(OC)c1)C(=O)CN(c1ccccc1Cl)S(C)(=O)=O. The highest BCUT2D eigenvalue weighted by Gasteiger charge is 2.33. The molecular weight excluding hydrogens is 514 g/mol. The molecule has 10 heteroatoms. The molecule has 0 bridgehead atoms. The number of rotatable bonds is 11. The molecule has 0 radical (unpaired) electrons. The molecule has 1 aliphatic carbocycles. The number of benzene rings is 2. The lowest BCUT2D eigenvalue weighted by Gasteiger charge is -2.34. The predicted molar refractivity (Wildman–Crippen MR) is 146 cm³/mol. The maximum atomic E-state index is 13.8. The van der Waals surface area contributed by atoms with Crippen LogP contribution < -0.4 is 14.4 Å². The Hall–Kier alpha value is -2.78. The van der Waals surface area contributed by atoms with Gasteiger partial charge in [-0.25, -0.2) is 8.42 Å². The number of ether oxygens (including phenoxy) is 1. The van der Waals surface area contributed by atoms with E-state index in [2.05, 4.69) is 5.32 Å². The van der Waals surface area contributed by atoms with E-state index in [1.807, 2.05) is 19.1 Å². The summed E-state index contributed by atoms with van der Waals surface area (Å²) in [6.07, 6.45) is 6.53. The van der Waals surface area contributed by atoms with Crippen LogP contribution >= 0.6 is 11.6 Å². The van der Waals surface area contributed by atoms with Crippen LogP contribution in [0.4, 0.5) is 5.69 Å². The van der Waals surface area contributed by atoms with Gasteiger partial charge in [-0.1, -0.05) is 62.1 Å². The van der Waals surface area contributed by atoms with Crippen LogP contribution in [0, 0.1) is 0 Å². The van der Waals surface area contributed by atoms with E-state index in [1.165, 1.54) is 4.90 Å². The van der Waals surface area contributed by atoms with Crippen LogP contribution in [0.3, 0.4) is 0 Å². The standard InChI is InChI=1S/C27H36ClN3O5S/c1-4-24(27(33)29-21-12-6-5-7-13-21)30(18-20-11-10-14-22(17-20)36-2)26(32)19-31(37(3,34)35)25-16-9-8-15-23(25)28/h8-11,14-17,21,24H,4-7,12-13,18-19H2,1-3H3,(H,29,33)/t24-/m1/s1. The fraction of sp³-hybridized carbons (Fsp3) is 0.481. The summed E-state index contributed by atoms with van der Waals surface area (Å²) in [5.41, 5.74) is 0.973.